The number of aromatic nitrogens is 2. The van der Waals surface area contributed by atoms with Gasteiger partial charge in [-0.05, 0) is 44.7 Å². The number of hydrogen-bond donors (Lipinski definition) is 1. The van der Waals surface area contributed by atoms with Crippen LogP contribution in [-0.4, -0.2) is 14.7 Å². The zero-order valence-corrected chi connectivity index (χ0v) is 11.5. The van der Waals surface area contributed by atoms with Gasteiger partial charge in [0.2, 0.25) is 0 Å². The van der Waals surface area contributed by atoms with Gasteiger partial charge in [0.05, 0.1) is 35.4 Å². The molecule has 0 spiro atoms. The Morgan fingerprint density at radius 1 is 1.35 bits per heavy atom. The molecular weight excluding hydrogens is 250 g/mol. The molecule has 4 nitrogen and oxygen atoms in total. The highest BCUT2D eigenvalue weighted by Crippen LogP contribution is 2.28. The molecule has 0 aliphatic heterocycles. The van der Waals surface area contributed by atoms with Crippen LogP contribution in [0.3, 0.4) is 0 Å². The zero-order valence-electron chi connectivity index (χ0n) is 11.5. The van der Waals surface area contributed by atoms with Gasteiger partial charge in [0.15, 0.2) is 0 Å². The Bertz CT molecular complexity index is 680. The number of hydrogen-bond acceptors (Lipinski definition) is 3. The Morgan fingerprint density at radius 2 is 2.15 bits per heavy atom. The largest absolute Gasteiger partial charge is 0.389 e. The fraction of sp³-hybridized carbons (Fsp3) is 0.375. The van der Waals surface area contributed by atoms with Crippen molar-refractivity contribution in [2.24, 2.45) is 0 Å². The van der Waals surface area contributed by atoms with E-state index in [1.807, 2.05) is 23.0 Å². The van der Waals surface area contributed by atoms with Crippen molar-refractivity contribution in [2.45, 2.75) is 38.7 Å². The highest BCUT2D eigenvalue weighted by atomic mass is 16.3. The summed E-state index contributed by atoms with van der Waals surface area (Å²) in [7, 11) is 0. The van der Waals surface area contributed by atoms with Crippen molar-refractivity contribution in [2.75, 3.05) is 0 Å². The minimum atomic E-state index is -0.570. The molecule has 3 rings (SSSR count). The number of benzene rings is 1. The van der Waals surface area contributed by atoms with Gasteiger partial charge in [-0.15, -0.1) is 0 Å². The summed E-state index contributed by atoms with van der Waals surface area (Å²) < 4.78 is 2.04. The van der Waals surface area contributed by atoms with E-state index in [4.69, 9.17) is 5.26 Å². The summed E-state index contributed by atoms with van der Waals surface area (Å²) in [6.07, 6.45) is 5.62. The Kier molecular flexibility index (Phi) is 3.29. The Balaban J connectivity index is 2.18. The molecule has 0 unspecified atom stereocenters. The molecule has 0 radical (unpaired) electrons. The SMILES string of the molecule is C[C@H](O)c1ccc(C#N)cc1-n1cnc2c1CCCC2. The minimum absolute atomic E-state index is 0.570. The normalized spacial score (nSPS) is 15.4. The number of aliphatic hydroxyl groups excluding tert-OH is 1. The van der Waals surface area contributed by atoms with Gasteiger partial charge in [-0.3, -0.25) is 0 Å². The van der Waals surface area contributed by atoms with Crippen molar-refractivity contribution in [3.8, 4) is 11.8 Å². The molecule has 0 saturated heterocycles. The molecule has 1 aromatic carbocycles. The van der Waals surface area contributed by atoms with Crippen LogP contribution in [0.25, 0.3) is 5.69 Å². The Labute approximate surface area is 118 Å². The van der Waals surface area contributed by atoms with Gasteiger partial charge in [-0.25, -0.2) is 4.98 Å². The number of imidazole rings is 1. The van der Waals surface area contributed by atoms with E-state index >= 15 is 0 Å². The molecule has 1 aromatic heterocycles. The fourth-order valence-electron chi connectivity index (χ4n) is 2.85. The number of nitriles is 1. The summed E-state index contributed by atoms with van der Waals surface area (Å²) in [6, 6.07) is 7.56. The van der Waals surface area contributed by atoms with Crippen molar-refractivity contribution in [3.63, 3.8) is 0 Å². The number of aliphatic hydroxyl groups is 1. The molecule has 102 valence electrons. The van der Waals surface area contributed by atoms with Crippen LogP contribution in [-0.2, 0) is 12.8 Å². The highest BCUT2D eigenvalue weighted by Gasteiger charge is 2.19. The van der Waals surface area contributed by atoms with Gasteiger partial charge in [-0.2, -0.15) is 5.26 Å². The van der Waals surface area contributed by atoms with Crippen molar-refractivity contribution >= 4 is 0 Å². The van der Waals surface area contributed by atoms with E-state index in [9.17, 15) is 5.11 Å². The van der Waals surface area contributed by atoms with E-state index in [2.05, 4.69) is 11.1 Å². The number of aryl methyl sites for hydroxylation is 1. The topological polar surface area (TPSA) is 61.8 Å². The maximum absolute atomic E-state index is 9.95. The van der Waals surface area contributed by atoms with Crippen LogP contribution >= 0.6 is 0 Å². The van der Waals surface area contributed by atoms with E-state index in [1.165, 1.54) is 18.5 Å². The molecule has 1 atom stereocenters. The van der Waals surface area contributed by atoms with Crippen molar-refractivity contribution in [3.05, 3.63) is 47.0 Å². The first-order chi connectivity index (χ1) is 9.70. The van der Waals surface area contributed by atoms with Crippen molar-refractivity contribution in [1.82, 2.24) is 9.55 Å². The van der Waals surface area contributed by atoms with Crippen molar-refractivity contribution in [1.29, 1.82) is 5.26 Å². The highest BCUT2D eigenvalue weighted by molar-refractivity contribution is 5.50. The maximum Gasteiger partial charge on any atom is 0.0997 e. The average molecular weight is 267 g/mol. The van der Waals surface area contributed by atoms with E-state index in [1.54, 1.807) is 13.0 Å². The quantitative estimate of drug-likeness (QED) is 0.910. The van der Waals surface area contributed by atoms with Crippen LogP contribution in [0.5, 0.6) is 0 Å². The smallest absolute Gasteiger partial charge is 0.0997 e. The standard InChI is InChI=1S/C16H17N3O/c1-11(20)13-7-6-12(9-17)8-16(13)19-10-18-14-4-2-3-5-15(14)19/h6-8,10-11,20H,2-5H2,1H3/t11-/m0/s1. The van der Waals surface area contributed by atoms with Crippen LogP contribution < -0.4 is 0 Å². The van der Waals surface area contributed by atoms with E-state index in [0.717, 1.165) is 29.8 Å². The first-order valence-corrected chi connectivity index (χ1v) is 6.98. The summed E-state index contributed by atoms with van der Waals surface area (Å²) in [6.45, 7) is 1.74. The number of rotatable bonds is 2. The molecule has 0 saturated carbocycles. The van der Waals surface area contributed by atoms with Gasteiger partial charge in [-0.1, -0.05) is 6.07 Å². The second kappa shape index (κ2) is 5.10. The van der Waals surface area contributed by atoms with Crippen molar-refractivity contribution < 1.29 is 5.11 Å². The Morgan fingerprint density at radius 3 is 2.90 bits per heavy atom. The summed E-state index contributed by atoms with van der Waals surface area (Å²) >= 11 is 0. The lowest BCUT2D eigenvalue weighted by Gasteiger charge is -2.18. The second-order valence-electron chi connectivity index (χ2n) is 5.28. The minimum Gasteiger partial charge on any atom is -0.389 e. The molecule has 0 fully saturated rings. The summed E-state index contributed by atoms with van der Waals surface area (Å²) in [5.41, 5.74) is 4.66. The Hall–Kier alpha value is -2.12. The second-order valence-corrected chi connectivity index (χ2v) is 5.28. The van der Waals surface area contributed by atoms with Crippen LogP contribution in [0.1, 0.15) is 48.4 Å². The zero-order chi connectivity index (χ0) is 14.1. The lowest BCUT2D eigenvalue weighted by atomic mass is 10.00. The van der Waals surface area contributed by atoms with Crippen LogP contribution in [0, 0.1) is 11.3 Å². The number of fused-ring (bicyclic) bond motifs is 1. The molecule has 0 amide bonds. The molecule has 2 aromatic rings. The average Bonchev–Trinajstić information content (AvgIpc) is 2.90. The van der Waals surface area contributed by atoms with E-state index < -0.39 is 6.10 Å². The van der Waals surface area contributed by atoms with Crippen LogP contribution in [0.2, 0.25) is 0 Å². The van der Waals surface area contributed by atoms with Gasteiger partial charge in [0.25, 0.3) is 0 Å². The molecular formula is C16H17N3O. The molecule has 0 bridgehead atoms. The first kappa shape index (κ1) is 12.9. The molecule has 1 aliphatic carbocycles. The van der Waals surface area contributed by atoms with E-state index in [0.29, 0.717) is 5.56 Å². The third kappa shape index (κ3) is 2.10. The predicted molar refractivity (Wildman–Crippen MR) is 75.6 cm³/mol. The lowest BCUT2D eigenvalue weighted by Crippen LogP contribution is -2.09. The number of nitrogens with zero attached hydrogens (tertiary/aromatic N) is 3. The maximum atomic E-state index is 9.95. The van der Waals surface area contributed by atoms with E-state index in [-0.39, 0.29) is 0 Å². The predicted octanol–water partition coefficient (Wildman–Crippen LogP) is 2.68. The first-order valence-electron chi connectivity index (χ1n) is 6.98. The third-order valence-electron chi connectivity index (χ3n) is 3.90. The molecule has 1 aliphatic rings. The molecule has 1 heterocycles. The summed E-state index contributed by atoms with van der Waals surface area (Å²) in [5.74, 6) is 0. The van der Waals surface area contributed by atoms with Gasteiger partial charge in [0.1, 0.15) is 0 Å². The molecule has 20 heavy (non-hydrogen) atoms. The molecule has 4 heteroatoms. The third-order valence-corrected chi connectivity index (χ3v) is 3.90. The summed E-state index contributed by atoms with van der Waals surface area (Å²) in [4.78, 5) is 4.49. The fourth-order valence-corrected chi connectivity index (χ4v) is 2.85. The van der Waals surface area contributed by atoms with Gasteiger partial charge >= 0.3 is 0 Å². The molecule has 1 N–H and O–H groups in total. The van der Waals surface area contributed by atoms with Crippen LogP contribution in [0.15, 0.2) is 24.5 Å². The monoisotopic (exact) mass is 267 g/mol. The summed E-state index contributed by atoms with van der Waals surface area (Å²) in [5, 5.41) is 19.0. The lowest BCUT2D eigenvalue weighted by molar-refractivity contribution is 0.199. The van der Waals surface area contributed by atoms with Gasteiger partial charge in [0, 0.05) is 11.3 Å². The van der Waals surface area contributed by atoms with Crippen LogP contribution in [0.4, 0.5) is 0 Å². The van der Waals surface area contributed by atoms with Gasteiger partial charge < -0.3 is 9.67 Å².